The molecule has 116 valence electrons. The molecule has 0 atom stereocenters. The fourth-order valence-electron chi connectivity index (χ4n) is 1.61. The molecule has 0 bridgehead atoms. The van der Waals surface area contributed by atoms with E-state index in [0.29, 0.717) is 11.3 Å². The maximum atomic E-state index is 12.2. The fraction of sp³-hybridized carbons (Fsp3) is 0.308. The van der Waals surface area contributed by atoms with E-state index in [0.717, 1.165) is 10.4 Å². The van der Waals surface area contributed by atoms with Gasteiger partial charge >= 0.3 is 5.97 Å². The van der Waals surface area contributed by atoms with Gasteiger partial charge in [0.15, 0.2) is 0 Å². The largest absolute Gasteiger partial charge is 0.496 e. The number of ether oxygens (including phenoxy) is 1. The summed E-state index contributed by atoms with van der Waals surface area (Å²) in [5.41, 5.74) is 0.332. The number of hydrogen-bond acceptors (Lipinski definition) is 5. The molecule has 1 aromatic rings. The van der Waals surface area contributed by atoms with Gasteiger partial charge in [-0.15, -0.1) is 0 Å². The molecule has 0 saturated heterocycles. The van der Waals surface area contributed by atoms with Crippen LogP contribution in [-0.2, 0) is 14.8 Å². The summed E-state index contributed by atoms with van der Waals surface area (Å²) in [5.74, 6) is -0.793. The van der Waals surface area contributed by atoms with Crippen LogP contribution in [0.1, 0.15) is 5.56 Å². The maximum absolute atomic E-state index is 12.2. The van der Waals surface area contributed by atoms with Crippen molar-refractivity contribution in [3.05, 3.63) is 29.8 Å². The second kappa shape index (κ2) is 7.21. The van der Waals surface area contributed by atoms with Crippen LogP contribution in [0, 0.1) is 0 Å². The highest BCUT2D eigenvalue weighted by Crippen LogP contribution is 2.25. The monoisotopic (exact) mass is 315 g/mol. The van der Waals surface area contributed by atoms with Crippen molar-refractivity contribution in [2.45, 2.75) is 4.90 Å². The van der Waals surface area contributed by atoms with Crippen molar-refractivity contribution in [2.24, 2.45) is 0 Å². The van der Waals surface area contributed by atoms with E-state index in [2.05, 4.69) is 0 Å². The van der Waals surface area contributed by atoms with Crippen LogP contribution in [0.2, 0.25) is 0 Å². The molecule has 0 amide bonds. The minimum atomic E-state index is -3.75. The quantitative estimate of drug-likeness (QED) is 0.706. The molecule has 8 heteroatoms. The van der Waals surface area contributed by atoms with Crippen molar-refractivity contribution < 1.29 is 28.2 Å². The molecule has 1 rings (SSSR count). The number of nitrogens with zero attached hydrogens (tertiary/aromatic N) is 1. The lowest BCUT2D eigenvalue weighted by Crippen LogP contribution is -2.29. The summed E-state index contributed by atoms with van der Waals surface area (Å²) in [6.07, 6.45) is 2.15. The third-order valence-electron chi connectivity index (χ3n) is 2.73. The third-order valence-corrected chi connectivity index (χ3v) is 4.58. The lowest BCUT2D eigenvalue weighted by molar-refractivity contribution is -0.131. The Labute approximate surface area is 123 Å². The van der Waals surface area contributed by atoms with Gasteiger partial charge in [-0.05, 0) is 24.3 Å². The number of sulfonamides is 1. The molecule has 7 nitrogen and oxygen atoms in total. The van der Waals surface area contributed by atoms with Gasteiger partial charge in [0.05, 0.1) is 18.6 Å². The number of carboxylic acids is 1. The number of benzene rings is 1. The van der Waals surface area contributed by atoms with Crippen molar-refractivity contribution in [1.29, 1.82) is 0 Å². The van der Waals surface area contributed by atoms with E-state index in [1.54, 1.807) is 0 Å². The highest BCUT2D eigenvalue weighted by Gasteiger charge is 2.21. The molecule has 2 N–H and O–H groups in total. The maximum Gasteiger partial charge on any atom is 0.328 e. The molecule has 0 fully saturated rings. The average Bonchev–Trinajstić information content (AvgIpc) is 2.44. The Hall–Kier alpha value is -1.90. The molecule has 0 saturated carbocycles. The van der Waals surface area contributed by atoms with Crippen LogP contribution in [0.15, 0.2) is 29.2 Å². The Morgan fingerprint density at radius 3 is 2.62 bits per heavy atom. The Morgan fingerprint density at radius 1 is 1.43 bits per heavy atom. The van der Waals surface area contributed by atoms with Gasteiger partial charge in [0.1, 0.15) is 5.75 Å². The van der Waals surface area contributed by atoms with Gasteiger partial charge in [-0.2, -0.15) is 4.31 Å². The highest BCUT2D eigenvalue weighted by molar-refractivity contribution is 7.89. The predicted octanol–water partition coefficient (Wildman–Crippen LogP) is 0.406. The molecule has 0 heterocycles. The number of aliphatic carboxylic acids is 1. The Morgan fingerprint density at radius 2 is 2.10 bits per heavy atom. The number of rotatable bonds is 7. The number of aliphatic hydroxyl groups is 1. The van der Waals surface area contributed by atoms with Gasteiger partial charge in [0, 0.05) is 25.2 Å². The number of carbonyl (C=O) groups is 1. The van der Waals surface area contributed by atoms with Gasteiger partial charge in [-0.1, -0.05) is 0 Å². The van der Waals surface area contributed by atoms with Gasteiger partial charge < -0.3 is 14.9 Å². The summed E-state index contributed by atoms with van der Waals surface area (Å²) in [6.45, 7) is -0.327. The van der Waals surface area contributed by atoms with Crippen LogP contribution < -0.4 is 4.74 Å². The van der Waals surface area contributed by atoms with Gasteiger partial charge in [0.25, 0.3) is 0 Å². The third kappa shape index (κ3) is 4.28. The van der Waals surface area contributed by atoms with Crippen LogP contribution in [-0.4, -0.2) is 56.2 Å². The van der Waals surface area contributed by atoms with E-state index in [1.807, 2.05) is 0 Å². The highest BCUT2D eigenvalue weighted by atomic mass is 32.2. The van der Waals surface area contributed by atoms with Gasteiger partial charge in [-0.3, -0.25) is 0 Å². The van der Waals surface area contributed by atoms with Crippen molar-refractivity contribution in [3.8, 4) is 5.75 Å². The van der Waals surface area contributed by atoms with Gasteiger partial charge in [0.2, 0.25) is 10.0 Å². The zero-order chi connectivity index (χ0) is 16.0. The summed E-state index contributed by atoms with van der Waals surface area (Å²) in [4.78, 5) is 10.6. The standard InChI is InChI=1S/C13H17NO6S/c1-14(7-8-15)21(18,19)11-4-5-12(20-2)10(9-11)3-6-13(16)17/h3-6,9,15H,7-8H2,1-2H3,(H,16,17). The summed E-state index contributed by atoms with van der Waals surface area (Å²) >= 11 is 0. The second-order valence-corrected chi connectivity index (χ2v) is 6.17. The first kappa shape index (κ1) is 17.2. The number of methoxy groups -OCH3 is 1. The molecular formula is C13H17NO6S. The molecule has 0 aliphatic rings. The average molecular weight is 315 g/mol. The van der Waals surface area contributed by atoms with E-state index < -0.39 is 16.0 Å². The van der Waals surface area contributed by atoms with E-state index in [1.165, 1.54) is 38.4 Å². The topological polar surface area (TPSA) is 104 Å². The van der Waals surface area contributed by atoms with Crippen molar-refractivity contribution >= 4 is 22.1 Å². The molecular weight excluding hydrogens is 298 g/mol. The van der Waals surface area contributed by atoms with E-state index in [-0.39, 0.29) is 18.0 Å². The number of aliphatic hydroxyl groups excluding tert-OH is 1. The summed E-state index contributed by atoms with van der Waals surface area (Å²) in [7, 11) is -0.999. The first-order chi connectivity index (χ1) is 9.82. The summed E-state index contributed by atoms with van der Waals surface area (Å²) in [5, 5.41) is 17.5. The molecule has 0 aliphatic heterocycles. The fourth-order valence-corrected chi connectivity index (χ4v) is 2.80. The normalized spacial score (nSPS) is 12.0. The zero-order valence-corrected chi connectivity index (χ0v) is 12.5. The van der Waals surface area contributed by atoms with E-state index >= 15 is 0 Å². The Balaban J connectivity index is 3.27. The van der Waals surface area contributed by atoms with Crippen molar-refractivity contribution in [1.82, 2.24) is 4.31 Å². The summed E-state index contributed by atoms with van der Waals surface area (Å²) in [6, 6.07) is 4.13. The van der Waals surface area contributed by atoms with E-state index in [4.69, 9.17) is 14.9 Å². The molecule has 0 aliphatic carbocycles. The number of hydrogen-bond donors (Lipinski definition) is 2. The van der Waals surface area contributed by atoms with Crippen LogP contribution in [0.25, 0.3) is 6.08 Å². The van der Waals surface area contributed by atoms with Crippen LogP contribution >= 0.6 is 0 Å². The minimum Gasteiger partial charge on any atom is -0.496 e. The molecule has 0 unspecified atom stereocenters. The Kier molecular flexibility index (Phi) is 5.89. The van der Waals surface area contributed by atoms with Crippen molar-refractivity contribution in [3.63, 3.8) is 0 Å². The lowest BCUT2D eigenvalue weighted by atomic mass is 10.2. The first-order valence-electron chi connectivity index (χ1n) is 5.99. The van der Waals surface area contributed by atoms with Crippen LogP contribution in [0.5, 0.6) is 5.75 Å². The first-order valence-corrected chi connectivity index (χ1v) is 7.43. The molecule has 0 aromatic heterocycles. The predicted molar refractivity (Wildman–Crippen MR) is 76.6 cm³/mol. The lowest BCUT2D eigenvalue weighted by Gasteiger charge is -2.16. The number of carboxylic acid groups (broad SMARTS) is 1. The zero-order valence-electron chi connectivity index (χ0n) is 11.7. The SMILES string of the molecule is COc1ccc(S(=O)(=O)N(C)CCO)cc1C=CC(=O)O. The Bertz CT molecular complexity index is 638. The summed E-state index contributed by atoms with van der Waals surface area (Å²) < 4.78 is 30.6. The van der Waals surface area contributed by atoms with E-state index in [9.17, 15) is 13.2 Å². The molecule has 0 radical (unpaired) electrons. The smallest absolute Gasteiger partial charge is 0.328 e. The molecule has 0 spiro atoms. The second-order valence-electron chi connectivity index (χ2n) is 4.13. The molecule has 21 heavy (non-hydrogen) atoms. The van der Waals surface area contributed by atoms with Crippen LogP contribution in [0.3, 0.4) is 0 Å². The minimum absolute atomic E-state index is 0.00992. The van der Waals surface area contributed by atoms with Crippen LogP contribution in [0.4, 0.5) is 0 Å². The van der Waals surface area contributed by atoms with Gasteiger partial charge in [-0.25, -0.2) is 13.2 Å². The molecule has 1 aromatic carbocycles. The van der Waals surface area contributed by atoms with Crippen molar-refractivity contribution in [2.75, 3.05) is 27.3 Å². The number of likely N-dealkylation sites (N-methyl/N-ethyl adjacent to an activating group) is 1.